The molecule has 7 heteroatoms. The summed E-state index contributed by atoms with van der Waals surface area (Å²) in [6, 6.07) is 6.79. The number of hydrogen-bond donors (Lipinski definition) is 3. The summed E-state index contributed by atoms with van der Waals surface area (Å²) in [5, 5.41) is 12.4. The van der Waals surface area contributed by atoms with Gasteiger partial charge in [0.1, 0.15) is 5.69 Å². The van der Waals surface area contributed by atoms with Gasteiger partial charge in [-0.15, -0.1) is 0 Å². The first-order valence-electron chi connectivity index (χ1n) is 7.92. The van der Waals surface area contributed by atoms with Crippen molar-refractivity contribution in [1.82, 2.24) is 10.3 Å². The number of carbonyl (C=O) groups excluding carboxylic acids is 2. The smallest absolute Gasteiger partial charge is 0.340 e. The summed E-state index contributed by atoms with van der Waals surface area (Å²) in [6.07, 6.45) is 0. The first-order chi connectivity index (χ1) is 11.9. The maximum atomic E-state index is 12.6. The van der Waals surface area contributed by atoms with Crippen LogP contribution < -0.4 is 5.32 Å². The van der Waals surface area contributed by atoms with Crippen LogP contribution in [-0.4, -0.2) is 35.2 Å². The zero-order valence-electron chi connectivity index (χ0n) is 14.4. The van der Waals surface area contributed by atoms with Crippen LogP contribution >= 0.6 is 15.9 Å². The van der Waals surface area contributed by atoms with Crippen molar-refractivity contribution in [2.45, 2.75) is 26.8 Å². The highest BCUT2D eigenvalue weighted by atomic mass is 79.9. The zero-order chi connectivity index (χ0) is 18.6. The molecule has 1 aromatic heterocycles. The van der Waals surface area contributed by atoms with Gasteiger partial charge in [-0.2, -0.15) is 0 Å². The molecule has 0 fully saturated rings. The summed E-state index contributed by atoms with van der Waals surface area (Å²) < 4.78 is 5.89. The Morgan fingerprint density at radius 3 is 2.68 bits per heavy atom. The molecule has 0 bridgehead atoms. The number of aromatic amines is 1. The Labute approximate surface area is 154 Å². The fourth-order valence-corrected chi connectivity index (χ4v) is 3.09. The fraction of sp³-hybridized carbons (Fsp3) is 0.333. The lowest BCUT2D eigenvalue weighted by Gasteiger charge is -2.17. The lowest BCUT2D eigenvalue weighted by atomic mass is 10.1. The summed E-state index contributed by atoms with van der Waals surface area (Å²) in [6.45, 7) is 5.16. The molecule has 0 spiro atoms. The van der Waals surface area contributed by atoms with E-state index < -0.39 is 17.9 Å². The summed E-state index contributed by atoms with van der Waals surface area (Å²) in [5.74, 6) is -0.853. The molecule has 0 aliphatic carbocycles. The first-order valence-corrected chi connectivity index (χ1v) is 8.71. The summed E-state index contributed by atoms with van der Waals surface area (Å²) in [7, 11) is 0. The summed E-state index contributed by atoms with van der Waals surface area (Å²) in [4.78, 5) is 27.6. The Morgan fingerprint density at radius 2 is 2.08 bits per heavy atom. The van der Waals surface area contributed by atoms with Gasteiger partial charge in [0.05, 0.1) is 24.8 Å². The molecule has 0 aliphatic heterocycles. The van der Waals surface area contributed by atoms with Crippen LogP contribution in [0.15, 0.2) is 28.7 Å². The van der Waals surface area contributed by atoms with Crippen molar-refractivity contribution in [2.24, 2.45) is 0 Å². The van der Waals surface area contributed by atoms with Crippen molar-refractivity contribution in [3.05, 3.63) is 56.8 Å². The molecule has 3 N–H and O–H groups in total. The maximum Gasteiger partial charge on any atom is 0.340 e. The molecular formula is C18H21BrN2O4. The number of esters is 1. The number of hydrogen-bond acceptors (Lipinski definition) is 4. The van der Waals surface area contributed by atoms with Crippen LogP contribution in [0.5, 0.6) is 0 Å². The minimum atomic E-state index is -0.556. The van der Waals surface area contributed by atoms with Crippen molar-refractivity contribution < 1.29 is 19.4 Å². The number of benzene rings is 1. The third-order valence-corrected chi connectivity index (χ3v) is 4.38. The van der Waals surface area contributed by atoms with Gasteiger partial charge in [-0.3, -0.25) is 4.79 Å². The van der Waals surface area contributed by atoms with Crippen LogP contribution in [0.2, 0.25) is 0 Å². The van der Waals surface area contributed by atoms with Crippen LogP contribution in [0.25, 0.3) is 0 Å². The summed E-state index contributed by atoms with van der Waals surface area (Å²) in [5.41, 5.74) is 2.53. The molecule has 0 aliphatic rings. The van der Waals surface area contributed by atoms with Crippen LogP contribution in [0.3, 0.4) is 0 Å². The van der Waals surface area contributed by atoms with Crippen molar-refractivity contribution in [3.63, 3.8) is 0 Å². The lowest BCUT2D eigenvalue weighted by molar-refractivity contribution is 0.0525. The Hall–Kier alpha value is -2.12. The highest BCUT2D eigenvalue weighted by Crippen LogP contribution is 2.22. The van der Waals surface area contributed by atoms with E-state index in [0.717, 1.165) is 10.0 Å². The second-order valence-corrected chi connectivity index (χ2v) is 6.52. The highest BCUT2D eigenvalue weighted by Gasteiger charge is 2.24. The van der Waals surface area contributed by atoms with E-state index in [9.17, 15) is 14.7 Å². The SMILES string of the molecule is CCOC(=O)c1c(C)[nH]c(C(=O)N[C@H](CO)c2cccc(Br)c2)c1C. The fourth-order valence-electron chi connectivity index (χ4n) is 2.67. The maximum absolute atomic E-state index is 12.6. The lowest BCUT2D eigenvalue weighted by Crippen LogP contribution is -2.31. The van der Waals surface area contributed by atoms with E-state index >= 15 is 0 Å². The van der Waals surface area contributed by atoms with Gasteiger partial charge in [0, 0.05) is 10.2 Å². The molecule has 2 aromatic rings. The zero-order valence-corrected chi connectivity index (χ0v) is 15.9. The molecule has 1 atom stereocenters. The van der Waals surface area contributed by atoms with Gasteiger partial charge in [0.2, 0.25) is 0 Å². The number of H-pyrrole nitrogens is 1. The van der Waals surface area contributed by atoms with Gasteiger partial charge in [-0.25, -0.2) is 4.79 Å². The predicted octanol–water partition coefficient (Wildman–Crippen LogP) is 3.03. The number of halogens is 1. The molecule has 0 radical (unpaired) electrons. The number of nitrogens with one attached hydrogen (secondary N) is 2. The van der Waals surface area contributed by atoms with E-state index in [1.165, 1.54) is 0 Å². The minimum absolute atomic E-state index is 0.244. The molecule has 0 saturated carbocycles. The molecule has 25 heavy (non-hydrogen) atoms. The van der Waals surface area contributed by atoms with Crippen molar-refractivity contribution >= 4 is 27.8 Å². The average Bonchev–Trinajstić information content (AvgIpc) is 2.87. The van der Waals surface area contributed by atoms with Gasteiger partial charge in [0.25, 0.3) is 5.91 Å². The molecule has 1 heterocycles. The second kappa shape index (κ2) is 8.31. The Bertz CT molecular complexity index is 785. The van der Waals surface area contributed by atoms with Crippen molar-refractivity contribution in [1.29, 1.82) is 0 Å². The molecule has 2 rings (SSSR count). The van der Waals surface area contributed by atoms with Gasteiger partial charge < -0.3 is 20.1 Å². The van der Waals surface area contributed by atoms with E-state index in [2.05, 4.69) is 26.2 Å². The number of aliphatic hydroxyl groups is 1. The molecule has 6 nitrogen and oxygen atoms in total. The van der Waals surface area contributed by atoms with E-state index in [4.69, 9.17) is 4.74 Å². The van der Waals surface area contributed by atoms with Crippen LogP contribution in [0, 0.1) is 13.8 Å². The molecule has 0 saturated heterocycles. The van der Waals surface area contributed by atoms with Gasteiger partial charge in [-0.05, 0) is 44.0 Å². The molecule has 1 amide bonds. The van der Waals surface area contributed by atoms with Crippen molar-refractivity contribution in [3.8, 4) is 0 Å². The van der Waals surface area contributed by atoms with Crippen molar-refractivity contribution in [2.75, 3.05) is 13.2 Å². The largest absolute Gasteiger partial charge is 0.462 e. The first kappa shape index (κ1) is 19.2. The molecule has 0 unspecified atom stereocenters. The van der Waals surface area contributed by atoms with E-state index in [0.29, 0.717) is 16.8 Å². The number of ether oxygens (including phenoxy) is 1. The number of aryl methyl sites for hydroxylation is 1. The Morgan fingerprint density at radius 1 is 1.36 bits per heavy atom. The topological polar surface area (TPSA) is 91.4 Å². The molecule has 1 aromatic carbocycles. The number of amides is 1. The molecule has 134 valence electrons. The van der Waals surface area contributed by atoms with Gasteiger partial charge >= 0.3 is 5.97 Å². The number of carbonyl (C=O) groups is 2. The predicted molar refractivity (Wildman–Crippen MR) is 97.7 cm³/mol. The van der Waals surface area contributed by atoms with E-state index in [1.54, 1.807) is 20.8 Å². The standard InChI is InChI=1S/C18H21BrN2O4/c1-4-25-18(24)15-10(2)16(20-11(15)3)17(23)21-14(9-22)12-6-5-7-13(19)8-12/h5-8,14,20,22H,4,9H2,1-3H3,(H,21,23)/t14-/m1/s1. The van der Waals surface area contributed by atoms with E-state index in [1.807, 2.05) is 24.3 Å². The van der Waals surface area contributed by atoms with E-state index in [-0.39, 0.29) is 18.9 Å². The van der Waals surface area contributed by atoms with Crippen LogP contribution in [0.4, 0.5) is 0 Å². The van der Waals surface area contributed by atoms with Gasteiger partial charge in [-0.1, -0.05) is 28.1 Å². The average molecular weight is 409 g/mol. The summed E-state index contributed by atoms with van der Waals surface area (Å²) >= 11 is 3.37. The third kappa shape index (κ3) is 4.29. The Kier molecular flexibility index (Phi) is 6.39. The number of aliphatic hydroxyl groups excluding tert-OH is 1. The van der Waals surface area contributed by atoms with Crippen LogP contribution in [0.1, 0.15) is 50.6 Å². The Balaban J connectivity index is 2.25. The highest BCUT2D eigenvalue weighted by molar-refractivity contribution is 9.10. The third-order valence-electron chi connectivity index (χ3n) is 3.88. The number of aromatic nitrogens is 1. The van der Waals surface area contributed by atoms with Crippen LogP contribution in [-0.2, 0) is 4.74 Å². The van der Waals surface area contributed by atoms with Gasteiger partial charge in [0.15, 0.2) is 0 Å². The number of rotatable bonds is 6. The normalized spacial score (nSPS) is 11.9. The minimum Gasteiger partial charge on any atom is -0.462 e. The second-order valence-electron chi connectivity index (χ2n) is 5.61. The molecular weight excluding hydrogens is 388 g/mol. The quantitative estimate of drug-likeness (QED) is 0.640. The monoisotopic (exact) mass is 408 g/mol.